The molecule has 38 heavy (non-hydrogen) atoms. The third-order valence-electron chi connectivity index (χ3n) is 6.91. The second kappa shape index (κ2) is 11.7. The summed E-state index contributed by atoms with van der Waals surface area (Å²) < 4.78 is 0. The van der Waals surface area contributed by atoms with Gasteiger partial charge in [0, 0.05) is 12.4 Å². The Morgan fingerprint density at radius 2 is 0.868 bits per heavy atom. The Balaban J connectivity index is 1.65. The number of benzene rings is 4. The molecule has 0 radical (unpaired) electrons. The fourth-order valence-corrected chi connectivity index (χ4v) is 4.40. The number of rotatable bonds is 7. The number of hydrogen-bond acceptors (Lipinski definition) is 2. The SMILES string of the molecule is CC(C)(C)c1ccc(CCc2ccc(C(C)(C)C)cc2C=Nc2ccccc2)c(C=Nc2ccccc2)c1. The summed E-state index contributed by atoms with van der Waals surface area (Å²) in [5.41, 5.74) is 9.73. The standard InChI is InChI=1S/C36H40N2/c1-35(2,3)31-21-19-27(29(23-31)25-37-33-13-9-7-10-14-33)17-18-28-20-22-32(36(4,5)6)24-30(28)26-38-34-15-11-8-12-16-34/h7-16,19-26H,17-18H2,1-6H3. The molecule has 2 heteroatoms. The lowest BCUT2D eigenvalue weighted by Crippen LogP contribution is -2.13. The van der Waals surface area contributed by atoms with E-state index in [1.165, 1.54) is 33.4 Å². The van der Waals surface area contributed by atoms with E-state index in [2.05, 4.69) is 77.9 Å². The third-order valence-corrected chi connectivity index (χ3v) is 6.91. The van der Waals surface area contributed by atoms with Gasteiger partial charge < -0.3 is 0 Å². The summed E-state index contributed by atoms with van der Waals surface area (Å²) >= 11 is 0. The molecule has 0 heterocycles. The summed E-state index contributed by atoms with van der Waals surface area (Å²) in [6.07, 6.45) is 5.92. The average molecular weight is 501 g/mol. The van der Waals surface area contributed by atoms with Crippen LogP contribution in [0.2, 0.25) is 0 Å². The third kappa shape index (κ3) is 7.38. The molecule has 2 nitrogen and oxygen atoms in total. The van der Waals surface area contributed by atoms with Gasteiger partial charge in [-0.1, -0.05) is 102 Å². The van der Waals surface area contributed by atoms with Gasteiger partial charge in [0.2, 0.25) is 0 Å². The highest BCUT2D eigenvalue weighted by Gasteiger charge is 2.17. The maximum absolute atomic E-state index is 4.79. The van der Waals surface area contributed by atoms with E-state index in [-0.39, 0.29) is 10.8 Å². The number of nitrogens with zero attached hydrogens (tertiary/aromatic N) is 2. The quantitative estimate of drug-likeness (QED) is 0.226. The molecular weight excluding hydrogens is 460 g/mol. The summed E-state index contributed by atoms with van der Waals surface area (Å²) in [7, 11) is 0. The summed E-state index contributed by atoms with van der Waals surface area (Å²) in [6.45, 7) is 13.6. The predicted molar refractivity (Wildman–Crippen MR) is 165 cm³/mol. The number of para-hydroxylation sites is 2. The Labute approximate surface area is 229 Å². The lowest BCUT2D eigenvalue weighted by molar-refractivity contribution is 0.589. The van der Waals surface area contributed by atoms with Crippen LogP contribution in [0.1, 0.15) is 74.9 Å². The van der Waals surface area contributed by atoms with Gasteiger partial charge in [0.15, 0.2) is 0 Å². The van der Waals surface area contributed by atoms with Crippen molar-refractivity contribution < 1.29 is 0 Å². The molecule has 0 aliphatic heterocycles. The molecule has 4 aromatic carbocycles. The molecule has 0 spiro atoms. The highest BCUT2D eigenvalue weighted by molar-refractivity contribution is 5.85. The predicted octanol–water partition coefficient (Wildman–Crippen LogP) is 9.57. The van der Waals surface area contributed by atoms with Crippen LogP contribution in [0.25, 0.3) is 0 Å². The molecule has 0 aliphatic rings. The molecule has 0 fully saturated rings. The molecule has 4 rings (SSSR count). The van der Waals surface area contributed by atoms with E-state index in [0.717, 1.165) is 24.2 Å². The molecule has 0 N–H and O–H groups in total. The zero-order valence-corrected chi connectivity index (χ0v) is 23.7. The van der Waals surface area contributed by atoms with Crippen LogP contribution in [0, 0.1) is 0 Å². The zero-order chi connectivity index (χ0) is 27.2. The second-order valence-corrected chi connectivity index (χ2v) is 12.0. The monoisotopic (exact) mass is 500 g/mol. The van der Waals surface area contributed by atoms with E-state index in [1.54, 1.807) is 0 Å². The van der Waals surface area contributed by atoms with E-state index in [9.17, 15) is 0 Å². The van der Waals surface area contributed by atoms with Crippen LogP contribution in [-0.4, -0.2) is 12.4 Å². The zero-order valence-electron chi connectivity index (χ0n) is 23.7. The lowest BCUT2D eigenvalue weighted by Gasteiger charge is -2.21. The number of hydrogen-bond donors (Lipinski definition) is 0. The van der Waals surface area contributed by atoms with Crippen molar-refractivity contribution >= 4 is 23.8 Å². The molecule has 0 aliphatic carbocycles. The van der Waals surface area contributed by atoms with E-state index in [0.29, 0.717) is 0 Å². The Hall–Kier alpha value is -3.78. The van der Waals surface area contributed by atoms with Crippen LogP contribution in [0.4, 0.5) is 11.4 Å². The first-order chi connectivity index (χ1) is 18.1. The van der Waals surface area contributed by atoms with E-state index < -0.39 is 0 Å². The maximum atomic E-state index is 4.79. The van der Waals surface area contributed by atoms with Crippen molar-refractivity contribution in [3.8, 4) is 0 Å². The Kier molecular flexibility index (Phi) is 8.42. The Morgan fingerprint density at radius 3 is 1.21 bits per heavy atom. The van der Waals surface area contributed by atoms with Gasteiger partial charge in [-0.3, -0.25) is 9.98 Å². The largest absolute Gasteiger partial charge is 0.256 e. The summed E-state index contributed by atoms with van der Waals surface area (Å²) in [6, 6.07) is 34.0. The van der Waals surface area contributed by atoms with Gasteiger partial charge in [-0.15, -0.1) is 0 Å². The minimum absolute atomic E-state index is 0.0811. The van der Waals surface area contributed by atoms with Gasteiger partial charge in [0.1, 0.15) is 0 Å². The molecular formula is C36H40N2. The first-order valence-corrected chi connectivity index (χ1v) is 13.5. The Morgan fingerprint density at radius 1 is 0.500 bits per heavy atom. The Bertz CT molecular complexity index is 1290. The molecule has 0 bridgehead atoms. The molecule has 194 valence electrons. The highest BCUT2D eigenvalue weighted by atomic mass is 14.7. The van der Waals surface area contributed by atoms with Crippen molar-refractivity contribution in [3.63, 3.8) is 0 Å². The van der Waals surface area contributed by atoms with Gasteiger partial charge in [0.25, 0.3) is 0 Å². The van der Waals surface area contributed by atoms with Crippen molar-refractivity contribution in [1.82, 2.24) is 0 Å². The van der Waals surface area contributed by atoms with Crippen molar-refractivity contribution in [3.05, 3.63) is 130 Å². The summed E-state index contributed by atoms with van der Waals surface area (Å²) in [5.74, 6) is 0. The van der Waals surface area contributed by atoms with E-state index >= 15 is 0 Å². The van der Waals surface area contributed by atoms with Crippen LogP contribution in [-0.2, 0) is 23.7 Å². The van der Waals surface area contributed by atoms with Crippen LogP contribution in [0.3, 0.4) is 0 Å². The number of aliphatic imine (C=N–C) groups is 2. The normalized spacial score (nSPS) is 12.5. The smallest absolute Gasteiger partial charge is 0.0629 e. The first-order valence-electron chi connectivity index (χ1n) is 13.5. The highest BCUT2D eigenvalue weighted by Crippen LogP contribution is 2.27. The molecule has 0 atom stereocenters. The average Bonchev–Trinajstić information content (AvgIpc) is 2.90. The van der Waals surface area contributed by atoms with Crippen molar-refractivity contribution in [1.29, 1.82) is 0 Å². The van der Waals surface area contributed by atoms with Gasteiger partial charge >= 0.3 is 0 Å². The fourth-order valence-electron chi connectivity index (χ4n) is 4.40. The van der Waals surface area contributed by atoms with Crippen molar-refractivity contribution in [2.75, 3.05) is 0 Å². The topological polar surface area (TPSA) is 24.7 Å². The van der Waals surface area contributed by atoms with Gasteiger partial charge in [-0.2, -0.15) is 0 Å². The minimum atomic E-state index is 0.0811. The minimum Gasteiger partial charge on any atom is -0.256 e. The maximum Gasteiger partial charge on any atom is 0.0629 e. The van der Waals surface area contributed by atoms with Gasteiger partial charge in [0.05, 0.1) is 11.4 Å². The van der Waals surface area contributed by atoms with Crippen LogP contribution in [0.5, 0.6) is 0 Å². The van der Waals surface area contributed by atoms with Crippen molar-refractivity contribution in [2.24, 2.45) is 9.98 Å². The van der Waals surface area contributed by atoms with Gasteiger partial charge in [-0.05, 0) is 93.5 Å². The first kappa shape index (κ1) is 27.3. The molecule has 4 aromatic rings. The lowest BCUT2D eigenvalue weighted by atomic mass is 9.83. The molecule has 0 saturated heterocycles. The summed E-state index contributed by atoms with van der Waals surface area (Å²) in [5, 5.41) is 0. The molecule has 0 amide bonds. The van der Waals surface area contributed by atoms with E-state index in [4.69, 9.17) is 9.98 Å². The van der Waals surface area contributed by atoms with Crippen LogP contribution < -0.4 is 0 Å². The van der Waals surface area contributed by atoms with Crippen molar-refractivity contribution in [2.45, 2.75) is 65.2 Å². The van der Waals surface area contributed by atoms with Crippen LogP contribution >= 0.6 is 0 Å². The fraction of sp³-hybridized carbons (Fsp3) is 0.278. The van der Waals surface area contributed by atoms with Gasteiger partial charge in [-0.25, -0.2) is 0 Å². The van der Waals surface area contributed by atoms with Crippen LogP contribution in [0.15, 0.2) is 107 Å². The number of aryl methyl sites for hydroxylation is 2. The molecule has 0 saturated carbocycles. The van der Waals surface area contributed by atoms with E-state index in [1.807, 2.05) is 73.1 Å². The molecule has 0 unspecified atom stereocenters. The second-order valence-electron chi connectivity index (χ2n) is 12.0. The molecule has 0 aromatic heterocycles. The summed E-state index contributed by atoms with van der Waals surface area (Å²) in [4.78, 5) is 9.58.